The zero-order valence-corrected chi connectivity index (χ0v) is 13.4. The van der Waals surface area contributed by atoms with Crippen molar-refractivity contribution in [3.8, 4) is 11.8 Å². The van der Waals surface area contributed by atoms with Gasteiger partial charge in [-0.15, -0.1) is 0 Å². The van der Waals surface area contributed by atoms with Gasteiger partial charge in [0.1, 0.15) is 17.5 Å². The van der Waals surface area contributed by atoms with Gasteiger partial charge in [-0.1, -0.05) is 12.1 Å². The second-order valence-electron chi connectivity index (χ2n) is 6.00. The van der Waals surface area contributed by atoms with Crippen LogP contribution in [0.25, 0.3) is 0 Å². The second kappa shape index (κ2) is 7.75. The number of aromatic nitrogens is 2. The summed E-state index contributed by atoms with van der Waals surface area (Å²) in [6.07, 6.45) is 5.19. The number of nitrogens with zero attached hydrogens (tertiary/aromatic N) is 3. The number of nitriles is 1. The number of ether oxygens (including phenoxy) is 1. The van der Waals surface area contributed by atoms with Crippen LogP contribution in [0.1, 0.15) is 24.1 Å². The minimum atomic E-state index is -0.115. The summed E-state index contributed by atoms with van der Waals surface area (Å²) in [5.41, 5.74) is 1.02. The van der Waals surface area contributed by atoms with Crippen molar-refractivity contribution in [1.29, 1.82) is 5.26 Å². The number of benzene rings is 1. The molecule has 0 radical (unpaired) electrons. The number of aromatic amines is 1. The van der Waals surface area contributed by atoms with Crippen molar-refractivity contribution in [1.82, 2.24) is 14.9 Å². The number of likely N-dealkylation sites (tertiary alicyclic amines) is 1. The minimum absolute atomic E-state index is 0.115. The van der Waals surface area contributed by atoms with Crippen LogP contribution in [0.3, 0.4) is 0 Å². The van der Waals surface area contributed by atoms with Crippen molar-refractivity contribution < 1.29 is 4.74 Å². The topological polar surface area (TPSA) is 82.0 Å². The van der Waals surface area contributed by atoms with Gasteiger partial charge < -0.3 is 9.72 Å². The Morgan fingerprint density at radius 1 is 1.33 bits per heavy atom. The zero-order chi connectivity index (χ0) is 16.8. The Balaban J connectivity index is 1.48. The Bertz CT molecular complexity index is 773. The molecule has 1 aromatic carbocycles. The van der Waals surface area contributed by atoms with Crippen LogP contribution in [0.2, 0.25) is 0 Å². The molecule has 24 heavy (non-hydrogen) atoms. The molecule has 1 aliphatic heterocycles. The molecule has 1 aromatic heterocycles. The van der Waals surface area contributed by atoms with E-state index >= 15 is 0 Å². The highest BCUT2D eigenvalue weighted by atomic mass is 16.5. The van der Waals surface area contributed by atoms with Crippen LogP contribution in [-0.4, -0.2) is 34.6 Å². The van der Waals surface area contributed by atoms with Crippen molar-refractivity contribution in [2.75, 3.05) is 19.7 Å². The summed E-state index contributed by atoms with van der Waals surface area (Å²) in [5, 5.41) is 9.08. The molecule has 6 nitrogen and oxygen atoms in total. The molecule has 0 saturated carbocycles. The number of piperidine rings is 1. The smallest absolute Gasteiger partial charge is 0.270 e. The first-order valence-corrected chi connectivity index (χ1v) is 8.13. The maximum Gasteiger partial charge on any atom is 0.270 e. The van der Waals surface area contributed by atoms with Gasteiger partial charge in [-0.25, -0.2) is 0 Å². The number of hydrogen-bond donors (Lipinski definition) is 1. The lowest BCUT2D eigenvalue weighted by atomic mass is 9.97. The fraction of sp³-hybridized carbons (Fsp3) is 0.389. The van der Waals surface area contributed by atoms with Crippen molar-refractivity contribution in [3.63, 3.8) is 0 Å². The van der Waals surface area contributed by atoms with Crippen LogP contribution in [0.5, 0.6) is 5.75 Å². The lowest BCUT2D eigenvalue weighted by Gasteiger charge is -2.31. The Labute approximate surface area is 140 Å². The fourth-order valence-corrected chi connectivity index (χ4v) is 2.91. The molecule has 0 unspecified atom stereocenters. The molecule has 3 rings (SSSR count). The van der Waals surface area contributed by atoms with Crippen LogP contribution in [0.4, 0.5) is 0 Å². The molecular formula is C18H20N4O2. The molecule has 1 fully saturated rings. The quantitative estimate of drug-likeness (QED) is 0.909. The van der Waals surface area contributed by atoms with Crippen molar-refractivity contribution in [2.24, 2.45) is 5.92 Å². The summed E-state index contributed by atoms with van der Waals surface area (Å²) in [6.45, 7) is 3.05. The predicted molar refractivity (Wildman–Crippen MR) is 89.5 cm³/mol. The van der Waals surface area contributed by atoms with Gasteiger partial charge in [0.2, 0.25) is 0 Å². The molecule has 1 saturated heterocycles. The normalized spacial score (nSPS) is 15.8. The maximum absolute atomic E-state index is 11.7. The first-order valence-electron chi connectivity index (χ1n) is 8.13. The molecule has 0 spiro atoms. The molecule has 2 heterocycles. The second-order valence-corrected chi connectivity index (χ2v) is 6.00. The third-order valence-electron chi connectivity index (χ3n) is 4.34. The molecule has 6 heteroatoms. The molecule has 124 valence electrons. The van der Waals surface area contributed by atoms with Crippen LogP contribution < -0.4 is 10.3 Å². The van der Waals surface area contributed by atoms with Gasteiger partial charge in [0.05, 0.1) is 12.2 Å². The first-order chi connectivity index (χ1) is 11.8. The van der Waals surface area contributed by atoms with Gasteiger partial charge >= 0.3 is 0 Å². The number of hydrogen-bond acceptors (Lipinski definition) is 5. The number of para-hydroxylation sites is 1. The van der Waals surface area contributed by atoms with E-state index in [1.54, 1.807) is 18.5 Å². The van der Waals surface area contributed by atoms with Gasteiger partial charge in [0, 0.05) is 18.9 Å². The van der Waals surface area contributed by atoms with Crippen molar-refractivity contribution in [2.45, 2.75) is 19.4 Å². The summed E-state index contributed by atoms with van der Waals surface area (Å²) < 4.78 is 5.83. The Morgan fingerprint density at radius 3 is 2.88 bits per heavy atom. The first kappa shape index (κ1) is 16.2. The molecule has 2 aromatic rings. The molecule has 1 N–H and O–H groups in total. The zero-order valence-electron chi connectivity index (χ0n) is 13.4. The highest BCUT2D eigenvalue weighted by Gasteiger charge is 2.21. The van der Waals surface area contributed by atoms with E-state index in [-0.39, 0.29) is 5.56 Å². The van der Waals surface area contributed by atoms with Crippen LogP contribution >= 0.6 is 0 Å². The van der Waals surface area contributed by atoms with E-state index in [1.165, 1.54) is 0 Å². The number of rotatable bonds is 5. The summed E-state index contributed by atoms with van der Waals surface area (Å²) >= 11 is 0. The highest BCUT2D eigenvalue weighted by Crippen LogP contribution is 2.22. The fourth-order valence-electron chi connectivity index (χ4n) is 2.91. The monoisotopic (exact) mass is 324 g/mol. The molecule has 0 amide bonds. The third kappa shape index (κ3) is 4.00. The average Bonchev–Trinajstić information content (AvgIpc) is 2.63. The summed E-state index contributed by atoms with van der Waals surface area (Å²) in [5.74, 6) is 1.12. The van der Waals surface area contributed by atoms with Crippen LogP contribution in [-0.2, 0) is 6.54 Å². The van der Waals surface area contributed by atoms with Gasteiger partial charge in [0.15, 0.2) is 0 Å². The van der Waals surface area contributed by atoms with Crippen molar-refractivity contribution in [3.05, 3.63) is 58.3 Å². The van der Waals surface area contributed by atoms with E-state index in [0.717, 1.165) is 25.9 Å². The van der Waals surface area contributed by atoms with Gasteiger partial charge in [0.25, 0.3) is 5.56 Å². The summed E-state index contributed by atoms with van der Waals surface area (Å²) in [6, 6.07) is 9.47. The standard InChI is InChI=1S/C18H20N4O2/c19-11-15-3-1-2-4-17(15)24-13-14-5-9-22(10-6-14)12-16-18(23)21-8-7-20-16/h1-4,7-8,14H,5-6,9-10,12-13H2,(H,21,23). The average molecular weight is 324 g/mol. The number of nitrogens with one attached hydrogen (secondary N) is 1. The molecule has 0 atom stereocenters. The summed E-state index contributed by atoms with van der Waals surface area (Å²) in [7, 11) is 0. The van der Waals surface area contributed by atoms with E-state index in [1.807, 2.05) is 18.2 Å². The van der Waals surface area contributed by atoms with Gasteiger partial charge in [-0.3, -0.25) is 14.7 Å². The van der Waals surface area contributed by atoms with E-state index in [2.05, 4.69) is 20.9 Å². The van der Waals surface area contributed by atoms with E-state index in [0.29, 0.717) is 36.1 Å². The van der Waals surface area contributed by atoms with Gasteiger partial charge in [-0.05, 0) is 44.0 Å². The van der Waals surface area contributed by atoms with Crippen molar-refractivity contribution >= 4 is 0 Å². The molecule has 0 aliphatic carbocycles. The SMILES string of the molecule is N#Cc1ccccc1OCC1CCN(Cc2ncc[nH]c2=O)CC1. The molecular weight excluding hydrogens is 304 g/mol. The molecule has 0 bridgehead atoms. The highest BCUT2D eigenvalue weighted by molar-refractivity contribution is 5.42. The predicted octanol–water partition coefficient (Wildman–Crippen LogP) is 1.93. The van der Waals surface area contributed by atoms with Gasteiger partial charge in [-0.2, -0.15) is 5.26 Å². The largest absolute Gasteiger partial charge is 0.492 e. The Kier molecular flexibility index (Phi) is 5.24. The maximum atomic E-state index is 11.7. The minimum Gasteiger partial charge on any atom is -0.492 e. The Hall–Kier alpha value is -2.65. The molecule has 1 aliphatic rings. The van der Waals surface area contributed by atoms with E-state index < -0.39 is 0 Å². The van der Waals surface area contributed by atoms with Crippen LogP contribution in [0, 0.1) is 17.2 Å². The van der Waals surface area contributed by atoms with E-state index in [4.69, 9.17) is 10.00 Å². The lowest BCUT2D eigenvalue weighted by molar-refractivity contribution is 0.135. The van der Waals surface area contributed by atoms with E-state index in [9.17, 15) is 4.79 Å². The summed E-state index contributed by atoms with van der Waals surface area (Å²) in [4.78, 5) is 20.7. The third-order valence-corrected chi connectivity index (χ3v) is 4.34. The van der Waals surface area contributed by atoms with Crippen LogP contribution in [0.15, 0.2) is 41.5 Å². The Morgan fingerprint density at radius 2 is 2.12 bits per heavy atom. The number of H-pyrrole nitrogens is 1. The lowest BCUT2D eigenvalue weighted by Crippen LogP contribution is -2.36.